The van der Waals surface area contributed by atoms with Gasteiger partial charge in [-0.05, 0) is 24.1 Å². The Labute approximate surface area is 85.7 Å². The zero-order valence-electron chi connectivity index (χ0n) is 7.38. The molecular formula is C10H11BrO2. The largest absolute Gasteiger partial charge is 0.392 e. The fourth-order valence-corrected chi connectivity index (χ4v) is 1.45. The van der Waals surface area contributed by atoms with Crippen LogP contribution in [-0.2, 0) is 6.61 Å². The molecule has 0 spiro atoms. The van der Waals surface area contributed by atoms with Crippen molar-refractivity contribution in [2.75, 3.05) is 5.33 Å². The number of alkyl halides is 1. The third-order valence-electron chi connectivity index (χ3n) is 1.96. The minimum atomic E-state index is 0.0224. The van der Waals surface area contributed by atoms with Gasteiger partial charge in [-0.2, -0.15) is 0 Å². The molecule has 0 atom stereocenters. The van der Waals surface area contributed by atoms with Gasteiger partial charge in [-0.1, -0.05) is 28.1 Å². The second-order valence-corrected chi connectivity index (χ2v) is 3.42. The lowest BCUT2D eigenvalue weighted by molar-refractivity contribution is 0.102. The number of ketones is 1. The maximum absolute atomic E-state index is 11.3. The van der Waals surface area contributed by atoms with Gasteiger partial charge in [0.2, 0.25) is 0 Å². The predicted octanol–water partition coefficient (Wildman–Crippen LogP) is 2.06. The summed E-state index contributed by atoms with van der Waals surface area (Å²) in [5.74, 6) is 0.0626. The molecule has 0 unspecified atom stereocenters. The van der Waals surface area contributed by atoms with E-state index in [1.807, 2.05) is 6.92 Å². The molecule has 0 aliphatic heterocycles. The van der Waals surface area contributed by atoms with Gasteiger partial charge in [0.15, 0.2) is 5.78 Å². The SMILES string of the molecule is Cc1cc(C(=O)CBr)ccc1CO. The molecule has 1 N–H and O–H groups in total. The highest BCUT2D eigenvalue weighted by atomic mass is 79.9. The lowest BCUT2D eigenvalue weighted by atomic mass is 10.0. The maximum atomic E-state index is 11.3. The van der Waals surface area contributed by atoms with E-state index in [9.17, 15) is 4.79 Å². The molecule has 0 saturated heterocycles. The second-order valence-electron chi connectivity index (χ2n) is 2.86. The highest BCUT2D eigenvalue weighted by molar-refractivity contribution is 9.09. The summed E-state index contributed by atoms with van der Waals surface area (Å²) >= 11 is 3.11. The van der Waals surface area contributed by atoms with Gasteiger partial charge in [0.1, 0.15) is 0 Å². The number of carbonyl (C=O) groups is 1. The molecule has 0 radical (unpaired) electrons. The number of aliphatic hydroxyl groups is 1. The minimum absolute atomic E-state index is 0.0224. The van der Waals surface area contributed by atoms with E-state index in [4.69, 9.17) is 5.11 Å². The molecule has 13 heavy (non-hydrogen) atoms. The predicted molar refractivity (Wildman–Crippen MR) is 55.2 cm³/mol. The number of carbonyl (C=O) groups excluding carboxylic acids is 1. The van der Waals surface area contributed by atoms with Crippen LogP contribution in [0.25, 0.3) is 0 Å². The van der Waals surface area contributed by atoms with Crippen molar-refractivity contribution in [2.24, 2.45) is 0 Å². The van der Waals surface area contributed by atoms with Crippen LogP contribution in [-0.4, -0.2) is 16.2 Å². The zero-order valence-corrected chi connectivity index (χ0v) is 8.97. The molecule has 2 nitrogen and oxygen atoms in total. The van der Waals surface area contributed by atoms with E-state index in [2.05, 4.69) is 15.9 Å². The van der Waals surface area contributed by atoms with Gasteiger partial charge in [-0.15, -0.1) is 0 Å². The van der Waals surface area contributed by atoms with Crippen LogP contribution >= 0.6 is 15.9 Å². The van der Waals surface area contributed by atoms with Crippen LogP contribution in [0.5, 0.6) is 0 Å². The molecule has 0 amide bonds. The molecule has 1 rings (SSSR count). The highest BCUT2D eigenvalue weighted by Gasteiger charge is 2.05. The van der Waals surface area contributed by atoms with Crippen LogP contribution in [0.1, 0.15) is 21.5 Å². The lowest BCUT2D eigenvalue weighted by Crippen LogP contribution is -2.01. The third-order valence-corrected chi connectivity index (χ3v) is 2.47. The van der Waals surface area contributed by atoms with E-state index in [1.165, 1.54) is 0 Å². The summed E-state index contributed by atoms with van der Waals surface area (Å²) in [4.78, 5) is 11.3. The number of halogens is 1. The summed E-state index contributed by atoms with van der Waals surface area (Å²) in [7, 11) is 0. The molecule has 0 fully saturated rings. The number of rotatable bonds is 3. The van der Waals surface area contributed by atoms with E-state index >= 15 is 0 Å². The lowest BCUT2D eigenvalue weighted by Gasteiger charge is -2.03. The van der Waals surface area contributed by atoms with Crippen LogP contribution in [0.2, 0.25) is 0 Å². The fraction of sp³-hybridized carbons (Fsp3) is 0.300. The molecule has 0 bridgehead atoms. The quantitative estimate of drug-likeness (QED) is 0.651. The first kappa shape index (κ1) is 10.4. The molecule has 1 aromatic rings. The van der Waals surface area contributed by atoms with Crippen LogP contribution in [0.3, 0.4) is 0 Å². The van der Waals surface area contributed by atoms with Crippen molar-refractivity contribution >= 4 is 21.7 Å². The Balaban J connectivity index is 3.02. The molecular weight excluding hydrogens is 232 g/mol. The molecule has 0 aliphatic rings. The van der Waals surface area contributed by atoms with Crippen LogP contribution in [0.15, 0.2) is 18.2 Å². The van der Waals surface area contributed by atoms with E-state index in [0.717, 1.165) is 11.1 Å². The van der Waals surface area contributed by atoms with Gasteiger partial charge in [-0.25, -0.2) is 0 Å². The van der Waals surface area contributed by atoms with Crippen LogP contribution in [0.4, 0.5) is 0 Å². The average Bonchev–Trinajstić information content (AvgIpc) is 2.16. The highest BCUT2D eigenvalue weighted by Crippen LogP contribution is 2.12. The normalized spacial score (nSPS) is 10.1. The first-order valence-electron chi connectivity index (χ1n) is 3.98. The van der Waals surface area contributed by atoms with Crippen molar-refractivity contribution in [3.05, 3.63) is 34.9 Å². The molecule has 0 heterocycles. The first-order chi connectivity index (χ1) is 6.19. The summed E-state index contributed by atoms with van der Waals surface area (Å²) in [5.41, 5.74) is 2.51. The Bertz CT molecular complexity index is 321. The van der Waals surface area contributed by atoms with Gasteiger partial charge in [0, 0.05) is 5.56 Å². The Hall–Kier alpha value is -0.670. The van der Waals surface area contributed by atoms with Crippen molar-refractivity contribution in [2.45, 2.75) is 13.5 Å². The Kier molecular flexibility index (Phi) is 3.63. The van der Waals surface area contributed by atoms with E-state index in [1.54, 1.807) is 18.2 Å². The van der Waals surface area contributed by atoms with E-state index < -0.39 is 0 Å². The third kappa shape index (κ3) is 2.39. The summed E-state index contributed by atoms with van der Waals surface area (Å²) < 4.78 is 0. The standard InChI is InChI=1S/C10H11BrO2/c1-7-4-8(10(13)5-11)2-3-9(7)6-12/h2-4,12H,5-6H2,1H3. The Morgan fingerprint density at radius 1 is 1.54 bits per heavy atom. The smallest absolute Gasteiger partial charge is 0.173 e. The van der Waals surface area contributed by atoms with Crippen molar-refractivity contribution in [3.8, 4) is 0 Å². The topological polar surface area (TPSA) is 37.3 Å². The summed E-state index contributed by atoms with van der Waals surface area (Å²) in [6, 6.07) is 5.32. The number of hydrogen-bond acceptors (Lipinski definition) is 2. The van der Waals surface area contributed by atoms with Gasteiger partial charge in [0.25, 0.3) is 0 Å². The fourth-order valence-electron chi connectivity index (χ4n) is 1.12. The maximum Gasteiger partial charge on any atom is 0.173 e. The summed E-state index contributed by atoms with van der Waals surface area (Å²) in [5, 5.41) is 9.25. The Morgan fingerprint density at radius 3 is 2.69 bits per heavy atom. The van der Waals surface area contributed by atoms with Gasteiger partial charge >= 0.3 is 0 Å². The van der Waals surface area contributed by atoms with Crippen LogP contribution in [0, 0.1) is 6.92 Å². The van der Waals surface area contributed by atoms with Crippen molar-refractivity contribution in [1.29, 1.82) is 0 Å². The second kappa shape index (κ2) is 4.53. The number of benzene rings is 1. The van der Waals surface area contributed by atoms with Gasteiger partial charge in [-0.3, -0.25) is 4.79 Å². The molecule has 0 aliphatic carbocycles. The molecule has 1 aromatic carbocycles. The molecule has 3 heteroatoms. The van der Waals surface area contributed by atoms with Gasteiger partial charge < -0.3 is 5.11 Å². The summed E-state index contributed by atoms with van der Waals surface area (Å²) in [6.07, 6.45) is 0. The monoisotopic (exact) mass is 242 g/mol. The van der Waals surface area contributed by atoms with Gasteiger partial charge in [0.05, 0.1) is 11.9 Å². The average molecular weight is 243 g/mol. The Morgan fingerprint density at radius 2 is 2.23 bits per heavy atom. The number of aliphatic hydroxyl groups excluding tert-OH is 1. The zero-order chi connectivity index (χ0) is 9.84. The minimum Gasteiger partial charge on any atom is -0.392 e. The first-order valence-corrected chi connectivity index (χ1v) is 5.10. The van der Waals surface area contributed by atoms with Crippen molar-refractivity contribution < 1.29 is 9.90 Å². The number of Topliss-reactive ketones (excluding diaryl/α,β-unsaturated/α-hetero) is 1. The van der Waals surface area contributed by atoms with Crippen LogP contribution < -0.4 is 0 Å². The van der Waals surface area contributed by atoms with E-state index in [-0.39, 0.29) is 12.4 Å². The molecule has 0 saturated carbocycles. The number of aryl methyl sites for hydroxylation is 1. The van der Waals surface area contributed by atoms with Crippen molar-refractivity contribution in [3.63, 3.8) is 0 Å². The molecule has 0 aromatic heterocycles. The van der Waals surface area contributed by atoms with Crippen molar-refractivity contribution in [1.82, 2.24) is 0 Å². The summed E-state index contributed by atoms with van der Waals surface area (Å²) in [6.45, 7) is 1.91. The molecule has 70 valence electrons. The number of hydrogen-bond donors (Lipinski definition) is 1. The van der Waals surface area contributed by atoms with E-state index in [0.29, 0.717) is 10.9 Å².